The van der Waals surface area contributed by atoms with Crippen molar-refractivity contribution in [3.8, 4) is 6.07 Å². The van der Waals surface area contributed by atoms with E-state index in [1.54, 1.807) is 11.3 Å². The predicted molar refractivity (Wildman–Crippen MR) is 83.5 cm³/mol. The van der Waals surface area contributed by atoms with Crippen molar-refractivity contribution < 1.29 is 0 Å². The van der Waals surface area contributed by atoms with Crippen molar-refractivity contribution in [1.82, 2.24) is 4.98 Å². The molecule has 1 aliphatic rings. The fourth-order valence-corrected chi connectivity index (χ4v) is 3.71. The Morgan fingerprint density at radius 3 is 2.76 bits per heavy atom. The summed E-state index contributed by atoms with van der Waals surface area (Å²) in [5.74, 6) is 0.516. The summed E-state index contributed by atoms with van der Waals surface area (Å²) in [6, 6.07) is 10.00. The second-order valence-electron chi connectivity index (χ2n) is 5.08. The second-order valence-corrected chi connectivity index (χ2v) is 6.14. The fraction of sp³-hybridized carbons (Fsp3) is 0.267. The van der Waals surface area contributed by atoms with Crippen molar-refractivity contribution in [2.24, 2.45) is 16.5 Å². The van der Waals surface area contributed by atoms with Crippen molar-refractivity contribution in [2.75, 3.05) is 0 Å². The van der Waals surface area contributed by atoms with Gasteiger partial charge in [-0.15, -0.1) is 0 Å². The maximum absolute atomic E-state index is 8.85. The Hall–Kier alpha value is -2.39. The van der Waals surface area contributed by atoms with Gasteiger partial charge in [0.1, 0.15) is 0 Å². The molecule has 0 radical (unpaired) electrons. The zero-order valence-corrected chi connectivity index (χ0v) is 12.2. The molecule has 0 bridgehead atoms. The van der Waals surface area contributed by atoms with Crippen molar-refractivity contribution in [3.05, 3.63) is 46.0 Å². The highest BCUT2D eigenvalue weighted by molar-refractivity contribution is 7.15. The number of benzene rings is 1. The monoisotopic (exact) mass is 297 g/mol. The minimum absolute atomic E-state index is 0.0461. The first-order valence-electron chi connectivity index (χ1n) is 6.74. The molecule has 4 N–H and O–H groups in total. The minimum atomic E-state index is 0.0461. The van der Waals surface area contributed by atoms with Crippen LogP contribution in [0.1, 0.15) is 34.0 Å². The van der Waals surface area contributed by atoms with Gasteiger partial charge in [-0.25, -0.2) is 4.98 Å². The van der Waals surface area contributed by atoms with Crippen LogP contribution in [0.3, 0.4) is 0 Å². The zero-order chi connectivity index (χ0) is 14.8. The summed E-state index contributed by atoms with van der Waals surface area (Å²) in [5, 5.41) is 9.49. The van der Waals surface area contributed by atoms with Gasteiger partial charge >= 0.3 is 0 Å². The fourth-order valence-electron chi connectivity index (χ4n) is 2.63. The summed E-state index contributed by atoms with van der Waals surface area (Å²) in [5.41, 5.74) is 13.9. The van der Waals surface area contributed by atoms with Crippen molar-refractivity contribution >= 4 is 22.4 Å². The molecule has 21 heavy (non-hydrogen) atoms. The van der Waals surface area contributed by atoms with Crippen molar-refractivity contribution in [1.29, 1.82) is 5.26 Å². The van der Waals surface area contributed by atoms with Gasteiger partial charge in [0.25, 0.3) is 0 Å². The standard InChI is InChI=1S/C15H15N5S/c16-8-9-1-3-10(4-2-9)11-5-6-12-13(7-11)21-15(19-12)20-14(17)18/h1-4,11H,5-7H2,(H4,17,18,19,20). The van der Waals surface area contributed by atoms with E-state index in [0.717, 1.165) is 25.0 Å². The Morgan fingerprint density at radius 1 is 1.33 bits per heavy atom. The molecule has 6 heteroatoms. The average molecular weight is 297 g/mol. The van der Waals surface area contributed by atoms with Crippen LogP contribution in [-0.4, -0.2) is 10.9 Å². The van der Waals surface area contributed by atoms with Gasteiger partial charge in [0.15, 0.2) is 5.96 Å². The molecule has 2 aromatic rings. The van der Waals surface area contributed by atoms with Crippen LogP contribution in [-0.2, 0) is 12.8 Å². The number of nitriles is 1. The van der Waals surface area contributed by atoms with Crippen molar-refractivity contribution in [3.63, 3.8) is 0 Å². The van der Waals surface area contributed by atoms with Gasteiger partial charge in [0.05, 0.1) is 17.3 Å². The first-order chi connectivity index (χ1) is 10.2. The molecule has 0 saturated carbocycles. The van der Waals surface area contributed by atoms with Gasteiger partial charge in [-0.1, -0.05) is 23.5 Å². The summed E-state index contributed by atoms with van der Waals surface area (Å²) in [7, 11) is 0. The largest absolute Gasteiger partial charge is 0.370 e. The zero-order valence-electron chi connectivity index (χ0n) is 11.4. The Bertz CT molecular complexity index is 720. The molecule has 0 saturated heterocycles. The van der Waals surface area contributed by atoms with Crippen LogP contribution in [0.25, 0.3) is 0 Å². The Balaban J connectivity index is 1.82. The number of guanidine groups is 1. The second kappa shape index (κ2) is 5.54. The van der Waals surface area contributed by atoms with E-state index in [-0.39, 0.29) is 5.96 Å². The number of nitrogens with two attached hydrogens (primary N) is 2. The third-order valence-electron chi connectivity index (χ3n) is 3.66. The van der Waals surface area contributed by atoms with Crippen LogP contribution in [0.15, 0.2) is 29.3 Å². The van der Waals surface area contributed by atoms with Crippen LogP contribution in [0, 0.1) is 11.3 Å². The molecule has 106 valence electrons. The molecule has 1 heterocycles. The average Bonchev–Trinajstić information content (AvgIpc) is 2.87. The van der Waals surface area contributed by atoms with E-state index in [1.807, 2.05) is 24.3 Å². The molecule has 1 unspecified atom stereocenters. The summed E-state index contributed by atoms with van der Waals surface area (Å²) in [6.07, 6.45) is 2.96. The number of nitrogens with zero attached hydrogens (tertiary/aromatic N) is 3. The quantitative estimate of drug-likeness (QED) is 0.655. The summed E-state index contributed by atoms with van der Waals surface area (Å²) in [6.45, 7) is 0. The van der Waals surface area contributed by atoms with E-state index < -0.39 is 0 Å². The molecule has 1 aliphatic carbocycles. The molecular formula is C15H15N5S. The van der Waals surface area contributed by atoms with Crippen LogP contribution in [0.5, 0.6) is 0 Å². The minimum Gasteiger partial charge on any atom is -0.370 e. The summed E-state index contributed by atoms with van der Waals surface area (Å²) >= 11 is 1.56. The predicted octanol–water partition coefficient (Wildman–Crippen LogP) is 2.19. The molecule has 0 fully saturated rings. The molecule has 0 aliphatic heterocycles. The van der Waals surface area contributed by atoms with Gasteiger partial charge < -0.3 is 11.5 Å². The Labute approximate surface area is 127 Å². The summed E-state index contributed by atoms with van der Waals surface area (Å²) < 4.78 is 0. The lowest BCUT2D eigenvalue weighted by Crippen LogP contribution is -2.21. The summed E-state index contributed by atoms with van der Waals surface area (Å²) in [4.78, 5) is 9.76. The van der Waals surface area contributed by atoms with E-state index in [9.17, 15) is 0 Å². The molecule has 5 nitrogen and oxygen atoms in total. The van der Waals surface area contributed by atoms with E-state index in [0.29, 0.717) is 16.6 Å². The topological polar surface area (TPSA) is 101 Å². The van der Waals surface area contributed by atoms with Gasteiger partial charge in [-0.2, -0.15) is 10.3 Å². The van der Waals surface area contributed by atoms with E-state index >= 15 is 0 Å². The lowest BCUT2D eigenvalue weighted by Gasteiger charge is -2.21. The van der Waals surface area contributed by atoms with Crippen LogP contribution in [0.2, 0.25) is 0 Å². The number of fused-ring (bicyclic) bond motifs is 1. The highest BCUT2D eigenvalue weighted by atomic mass is 32.1. The molecule has 1 atom stereocenters. The third-order valence-corrected chi connectivity index (χ3v) is 4.68. The number of hydrogen-bond acceptors (Lipinski definition) is 4. The smallest absolute Gasteiger partial charge is 0.212 e. The van der Waals surface area contributed by atoms with E-state index in [2.05, 4.69) is 16.0 Å². The molecule has 1 aromatic carbocycles. The van der Waals surface area contributed by atoms with Gasteiger partial charge in [0, 0.05) is 4.88 Å². The van der Waals surface area contributed by atoms with Crippen LogP contribution >= 0.6 is 11.3 Å². The molecule has 1 aromatic heterocycles. The van der Waals surface area contributed by atoms with E-state index in [1.165, 1.54) is 10.4 Å². The first-order valence-corrected chi connectivity index (χ1v) is 7.55. The number of aliphatic imine (C=N–C) groups is 1. The SMILES string of the molecule is N#Cc1ccc(C2CCc3nc(N=C(N)N)sc3C2)cc1. The number of thiazole rings is 1. The molecular weight excluding hydrogens is 282 g/mol. The number of hydrogen-bond donors (Lipinski definition) is 2. The Morgan fingerprint density at radius 2 is 2.10 bits per heavy atom. The normalized spacial score (nSPS) is 16.8. The molecule has 3 rings (SSSR count). The maximum Gasteiger partial charge on any atom is 0.212 e. The van der Waals surface area contributed by atoms with Crippen LogP contribution < -0.4 is 11.5 Å². The highest BCUT2D eigenvalue weighted by Gasteiger charge is 2.23. The van der Waals surface area contributed by atoms with Gasteiger partial charge in [-0.3, -0.25) is 0 Å². The molecule has 0 spiro atoms. The number of rotatable bonds is 2. The van der Waals surface area contributed by atoms with Crippen LogP contribution in [0.4, 0.5) is 5.13 Å². The number of aromatic nitrogens is 1. The highest BCUT2D eigenvalue weighted by Crippen LogP contribution is 2.37. The molecule has 0 amide bonds. The first kappa shape index (κ1) is 13.6. The number of aryl methyl sites for hydroxylation is 1. The lowest BCUT2D eigenvalue weighted by molar-refractivity contribution is 0.584. The van der Waals surface area contributed by atoms with Gasteiger partial charge in [-0.05, 0) is 42.9 Å². The maximum atomic E-state index is 8.85. The van der Waals surface area contributed by atoms with Crippen molar-refractivity contribution in [2.45, 2.75) is 25.2 Å². The van der Waals surface area contributed by atoms with Gasteiger partial charge in [0.2, 0.25) is 5.13 Å². The van der Waals surface area contributed by atoms with E-state index in [4.69, 9.17) is 16.7 Å². The Kier molecular flexibility index (Phi) is 3.59. The lowest BCUT2D eigenvalue weighted by atomic mass is 9.85. The third kappa shape index (κ3) is 2.88.